The predicted octanol–water partition coefficient (Wildman–Crippen LogP) is 4.56. The van der Waals surface area contributed by atoms with Gasteiger partial charge in [-0.1, -0.05) is 45.5 Å². The maximum atomic E-state index is 14.0. The van der Waals surface area contributed by atoms with Crippen molar-refractivity contribution in [1.29, 1.82) is 0 Å². The molecule has 1 aromatic heterocycles. The van der Waals surface area contributed by atoms with Gasteiger partial charge in [0.1, 0.15) is 10.6 Å². The molecule has 0 unspecified atom stereocenters. The molecule has 16 heteroatoms. The smallest absolute Gasteiger partial charge is 0.339 e. The minimum absolute atomic E-state index is 0.0372. The van der Waals surface area contributed by atoms with Gasteiger partial charge in [-0.2, -0.15) is 8.42 Å². The molecule has 0 spiro atoms. The monoisotopic (exact) mass is 757 g/mol. The number of aromatic nitrogens is 1. The number of ether oxygens (including phenoxy) is 3. The van der Waals surface area contributed by atoms with Crippen LogP contribution in [0.1, 0.15) is 36.6 Å². The van der Waals surface area contributed by atoms with Crippen molar-refractivity contribution in [2.45, 2.75) is 31.7 Å². The first kappa shape index (κ1) is 34.5. The molecule has 48 heavy (non-hydrogen) atoms. The Balaban J connectivity index is 1.55. The van der Waals surface area contributed by atoms with Crippen molar-refractivity contribution < 1.29 is 36.5 Å². The standard InChI is InChI=1S/C32H28BrN3O10S2/c1-6-45-31(38)28-18(3)34-32-35(29(28)22-15-25(43-4)26(44-5)16-23(22)33)30(37)27(47-32)13-19-8-10-20(11-9-19)46-48(41,42)21-12-7-17(2)24(14-21)36(39)40/h7-16,29H,6H2,1-5H3/b27-13-/t29-/m1/s1. The van der Waals surface area contributed by atoms with E-state index in [1.54, 1.807) is 44.2 Å². The van der Waals surface area contributed by atoms with Crippen molar-refractivity contribution in [2.24, 2.45) is 4.99 Å². The summed E-state index contributed by atoms with van der Waals surface area (Å²) in [6.45, 7) is 4.98. The van der Waals surface area contributed by atoms with E-state index in [1.807, 2.05) is 0 Å². The summed E-state index contributed by atoms with van der Waals surface area (Å²) < 4.78 is 49.5. The molecular formula is C32H28BrN3O10S2. The van der Waals surface area contributed by atoms with E-state index >= 15 is 0 Å². The van der Waals surface area contributed by atoms with Crippen LogP contribution in [0.5, 0.6) is 17.2 Å². The van der Waals surface area contributed by atoms with Crippen LogP contribution in [0.15, 0.2) is 85.0 Å². The average Bonchev–Trinajstić information content (AvgIpc) is 3.34. The topological polar surface area (TPSA) is 166 Å². The summed E-state index contributed by atoms with van der Waals surface area (Å²) >= 11 is 4.68. The summed E-state index contributed by atoms with van der Waals surface area (Å²) in [7, 11) is -1.40. The normalized spacial score (nSPS) is 14.6. The van der Waals surface area contributed by atoms with Gasteiger partial charge < -0.3 is 18.4 Å². The van der Waals surface area contributed by atoms with Gasteiger partial charge in [-0.15, -0.1) is 0 Å². The minimum Gasteiger partial charge on any atom is -0.493 e. The number of allylic oxidation sites excluding steroid dienone is 1. The van der Waals surface area contributed by atoms with E-state index in [0.29, 0.717) is 47.7 Å². The molecule has 1 aliphatic rings. The van der Waals surface area contributed by atoms with Crippen LogP contribution < -0.4 is 28.5 Å². The van der Waals surface area contributed by atoms with Gasteiger partial charge in [-0.05, 0) is 68.3 Å². The second-order valence-corrected chi connectivity index (χ2v) is 13.8. The highest BCUT2D eigenvalue weighted by molar-refractivity contribution is 9.10. The third-order valence-electron chi connectivity index (χ3n) is 7.36. The fourth-order valence-corrected chi connectivity index (χ4v) is 7.59. The Kier molecular flexibility index (Phi) is 9.89. The number of hydrogen-bond donors (Lipinski definition) is 0. The van der Waals surface area contributed by atoms with Crippen molar-refractivity contribution in [3.05, 3.63) is 117 Å². The number of nitrogens with zero attached hydrogens (tertiary/aromatic N) is 3. The third-order valence-corrected chi connectivity index (χ3v) is 10.3. The van der Waals surface area contributed by atoms with Crippen molar-refractivity contribution in [3.63, 3.8) is 0 Å². The van der Waals surface area contributed by atoms with Crippen LogP contribution in [-0.2, 0) is 19.6 Å². The molecule has 1 aliphatic heterocycles. The van der Waals surface area contributed by atoms with Crippen molar-refractivity contribution in [2.75, 3.05) is 20.8 Å². The molecule has 0 saturated carbocycles. The molecule has 0 N–H and O–H groups in total. The molecule has 4 aromatic rings. The second kappa shape index (κ2) is 13.7. The number of fused-ring (bicyclic) bond motifs is 1. The lowest BCUT2D eigenvalue weighted by atomic mass is 9.95. The Hall–Kier alpha value is -4.80. The van der Waals surface area contributed by atoms with Gasteiger partial charge in [-0.25, -0.2) is 9.79 Å². The minimum atomic E-state index is -4.38. The molecule has 0 saturated heterocycles. The van der Waals surface area contributed by atoms with E-state index in [0.717, 1.165) is 17.4 Å². The number of methoxy groups -OCH3 is 2. The summed E-state index contributed by atoms with van der Waals surface area (Å²) in [6.07, 6.45) is 1.61. The maximum Gasteiger partial charge on any atom is 0.339 e. The van der Waals surface area contributed by atoms with Crippen LogP contribution in [0, 0.1) is 17.0 Å². The number of carbonyl (C=O) groups is 1. The molecule has 5 rings (SSSR count). The zero-order valence-electron chi connectivity index (χ0n) is 26.2. The van der Waals surface area contributed by atoms with Crippen LogP contribution in [0.4, 0.5) is 5.69 Å². The molecular weight excluding hydrogens is 730 g/mol. The lowest BCUT2D eigenvalue weighted by Gasteiger charge is -2.26. The Morgan fingerprint density at radius 1 is 1.08 bits per heavy atom. The number of aryl methyl sites for hydroxylation is 1. The van der Waals surface area contributed by atoms with Crippen LogP contribution in [0.3, 0.4) is 0 Å². The van der Waals surface area contributed by atoms with E-state index < -0.39 is 32.6 Å². The summed E-state index contributed by atoms with van der Waals surface area (Å²) in [5.41, 5.74) is 1.19. The first-order chi connectivity index (χ1) is 22.8. The van der Waals surface area contributed by atoms with Gasteiger partial charge in [-0.3, -0.25) is 19.5 Å². The van der Waals surface area contributed by atoms with E-state index in [2.05, 4.69) is 20.9 Å². The van der Waals surface area contributed by atoms with Gasteiger partial charge in [0.2, 0.25) is 0 Å². The first-order valence-electron chi connectivity index (χ1n) is 14.2. The number of halogens is 1. The summed E-state index contributed by atoms with van der Waals surface area (Å²) in [4.78, 5) is 42.5. The number of nitro groups is 1. The number of rotatable bonds is 10. The van der Waals surface area contributed by atoms with Crippen LogP contribution in [0.2, 0.25) is 0 Å². The van der Waals surface area contributed by atoms with Crippen molar-refractivity contribution in [3.8, 4) is 17.2 Å². The largest absolute Gasteiger partial charge is 0.493 e. The second-order valence-electron chi connectivity index (χ2n) is 10.3. The van der Waals surface area contributed by atoms with E-state index in [9.17, 15) is 28.1 Å². The molecule has 0 radical (unpaired) electrons. The zero-order chi connectivity index (χ0) is 34.9. The highest BCUT2D eigenvalue weighted by Crippen LogP contribution is 2.40. The highest BCUT2D eigenvalue weighted by atomic mass is 79.9. The van der Waals surface area contributed by atoms with Gasteiger partial charge in [0.05, 0.1) is 47.6 Å². The van der Waals surface area contributed by atoms with Crippen molar-refractivity contribution >= 4 is 55.1 Å². The number of esters is 1. The summed E-state index contributed by atoms with van der Waals surface area (Å²) in [5.74, 6) is 0.176. The number of thiazole rings is 1. The Labute approximate surface area is 286 Å². The molecule has 0 bridgehead atoms. The molecule has 13 nitrogen and oxygen atoms in total. The molecule has 2 heterocycles. The van der Waals surface area contributed by atoms with E-state index in [-0.39, 0.29) is 28.5 Å². The maximum absolute atomic E-state index is 14.0. The van der Waals surface area contributed by atoms with Gasteiger partial charge in [0.15, 0.2) is 16.3 Å². The number of hydrogen-bond acceptors (Lipinski definition) is 12. The van der Waals surface area contributed by atoms with Gasteiger partial charge in [0.25, 0.3) is 11.2 Å². The predicted molar refractivity (Wildman–Crippen MR) is 180 cm³/mol. The van der Waals surface area contributed by atoms with Crippen molar-refractivity contribution in [1.82, 2.24) is 4.57 Å². The van der Waals surface area contributed by atoms with Crippen LogP contribution >= 0.6 is 27.3 Å². The number of carbonyl (C=O) groups excluding carboxylic acids is 1. The number of benzene rings is 3. The lowest BCUT2D eigenvalue weighted by Crippen LogP contribution is -2.40. The molecule has 0 amide bonds. The molecule has 1 atom stereocenters. The Bertz CT molecular complexity index is 2280. The molecule has 0 fully saturated rings. The van der Waals surface area contributed by atoms with E-state index in [1.165, 1.54) is 50.0 Å². The summed E-state index contributed by atoms with van der Waals surface area (Å²) in [6, 6.07) is 11.9. The highest BCUT2D eigenvalue weighted by Gasteiger charge is 2.35. The molecule has 0 aliphatic carbocycles. The lowest BCUT2D eigenvalue weighted by molar-refractivity contribution is -0.385. The average molecular weight is 759 g/mol. The fourth-order valence-electron chi connectivity index (χ4n) is 5.05. The quantitative estimate of drug-likeness (QED) is 0.0969. The fraction of sp³-hybridized carbons (Fsp3) is 0.219. The van der Waals surface area contributed by atoms with E-state index in [4.69, 9.17) is 18.4 Å². The Morgan fingerprint density at radius 3 is 2.38 bits per heavy atom. The third kappa shape index (κ3) is 6.63. The van der Waals surface area contributed by atoms with Crippen LogP contribution in [-0.4, -0.2) is 44.7 Å². The molecule has 250 valence electrons. The zero-order valence-corrected chi connectivity index (χ0v) is 29.4. The Morgan fingerprint density at radius 2 is 1.75 bits per heavy atom. The number of nitro benzene ring substituents is 1. The first-order valence-corrected chi connectivity index (χ1v) is 17.2. The van der Waals surface area contributed by atoms with Gasteiger partial charge in [0, 0.05) is 16.1 Å². The SMILES string of the molecule is CCOC(=O)C1=C(C)N=c2s/c(=C\c3ccc(OS(=O)(=O)c4ccc(C)c([N+](=O)[O-])c4)cc3)c(=O)n2[C@@H]1c1cc(OC)c(OC)cc1Br. The molecule has 3 aromatic carbocycles. The van der Waals surface area contributed by atoms with Gasteiger partial charge >= 0.3 is 16.1 Å². The van der Waals surface area contributed by atoms with Crippen LogP contribution in [0.25, 0.3) is 6.08 Å². The summed E-state index contributed by atoms with van der Waals surface area (Å²) in [5, 5.41) is 11.3.